The second kappa shape index (κ2) is 10.4. The van der Waals surface area contributed by atoms with E-state index in [0.29, 0.717) is 39.0 Å². The summed E-state index contributed by atoms with van der Waals surface area (Å²) in [5, 5.41) is 5.20. The van der Waals surface area contributed by atoms with E-state index in [1.165, 1.54) is 4.31 Å². The molecule has 7 nitrogen and oxygen atoms in total. The molecule has 1 heterocycles. The minimum absolute atomic E-state index is 0.287. The van der Waals surface area contributed by atoms with Crippen LogP contribution in [-0.2, 0) is 32.5 Å². The maximum Gasteiger partial charge on any atom is 0.309 e. The van der Waals surface area contributed by atoms with Crippen molar-refractivity contribution in [2.75, 3.05) is 26.2 Å². The van der Waals surface area contributed by atoms with Crippen molar-refractivity contribution >= 4 is 21.8 Å². The van der Waals surface area contributed by atoms with Crippen molar-refractivity contribution in [3.05, 3.63) is 65.7 Å². The van der Waals surface area contributed by atoms with E-state index < -0.39 is 21.8 Å². The second-order valence-corrected chi connectivity index (χ2v) is 9.19. The van der Waals surface area contributed by atoms with Crippen molar-refractivity contribution in [3.63, 3.8) is 0 Å². The fourth-order valence-corrected chi connectivity index (χ4v) is 4.87. The van der Waals surface area contributed by atoms with E-state index in [4.69, 9.17) is 0 Å². The van der Waals surface area contributed by atoms with Crippen molar-refractivity contribution in [3.8, 4) is 0 Å². The molecular formula is C22H27N3O4S. The van der Waals surface area contributed by atoms with Gasteiger partial charge in [0.05, 0.1) is 4.90 Å². The Bertz CT molecular complexity index is 954. The van der Waals surface area contributed by atoms with Crippen LogP contribution in [0.15, 0.2) is 59.5 Å². The first-order valence-corrected chi connectivity index (χ1v) is 11.6. The van der Waals surface area contributed by atoms with Crippen LogP contribution in [0.4, 0.5) is 0 Å². The van der Waals surface area contributed by atoms with Crippen LogP contribution in [0, 0.1) is 0 Å². The van der Waals surface area contributed by atoms with Crippen molar-refractivity contribution in [2.24, 2.45) is 0 Å². The number of rotatable bonds is 8. The average molecular weight is 430 g/mol. The SMILES string of the molecule is O=C(NCCc1ccccc1)C(=O)NCCc1ccc(S(=O)(=O)N2CCCC2)cc1. The molecule has 3 rings (SSSR count). The molecule has 30 heavy (non-hydrogen) atoms. The molecule has 1 aliphatic heterocycles. The van der Waals surface area contributed by atoms with Gasteiger partial charge in [-0.15, -0.1) is 0 Å². The maximum absolute atomic E-state index is 12.5. The number of hydrogen-bond donors (Lipinski definition) is 2. The first kappa shape index (κ1) is 22.0. The maximum atomic E-state index is 12.5. The summed E-state index contributed by atoms with van der Waals surface area (Å²) in [6.07, 6.45) is 2.97. The van der Waals surface area contributed by atoms with Crippen LogP contribution in [0.5, 0.6) is 0 Å². The molecule has 0 saturated carbocycles. The summed E-state index contributed by atoms with van der Waals surface area (Å²) in [5.41, 5.74) is 1.98. The molecule has 160 valence electrons. The minimum atomic E-state index is -3.42. The number of carbonyl (C=O) groups is 2. The van der Waals surface area contributed by atoms with Crippen LogP contribution in [0.25, 0.3) is 0 Å². The number of hydrogen-bond acceptors (Lipinski definition) is 4. The zero-order chi connectivity index (χ0) is 21.4. The van der Waals surface area contributed by atoms with Gasteiger partial charge in [-0.25, -0.2) is 8.42 Å². The molecule has 2 N–H and O–H groups in total. The first-order valence-electron chi connectivity index (χ1n) is 10.2. The van der Waals surface area contributed by atoms with Crippen molar-refractivity contribution in [1.82, 2.24) is 14.9 Å². The Morgan fingerprint density at radius 1 is 0.767 bits per heavy atom. The van der Waals surface area contributed by atoms with Crippen LogP contribution in [0.1, 0.15) is 24.0 Å². The molecule has 8 heteroatoms. The fourth-order valence-electron chi connectivity index (χ4n) is 3.35. The molecule has 0 unspecified atom stereocenters. The van der Waals surface area contributed by atoms with Gasteiger partial charge >= 0.3 is 11.8 Å². The molecular weight excluding hydrogens is 402 g/mol. The van der Waals surface area contributed by atoms with E-state index in [-0.39, 0.29) is 4.90 Å². The van der Waals surface area contributed by atoms with Gasteiger partial charge in [-0.05, 0) is 48.9 Å². The lowest BCUT2D eigenvalue weighted by Crippen LogP contribution is -2.41. The Hall–Kier alpha value is -2.71. The summed E-state index contributed by atoms with van der Waals surface area (Å²) in [6.45, 7) is 1.83. The summed E-state index contributed by atoms with van der Waals surface area (Å²) in [5.74, 6) is -1.32. The monoisotopic (exact) mass is 429 g/mol. The van der Waals surface area contributed by atoms with Gasteiger partial charge in [-0.2, -0.15) is 4.31 Å². The second-order valence-electron chi connectivity index (χ2n) is 7.25. The molecule has 0 spiro atoms. The lowest BCUT2D eigenvalue weighted by atomic mass is 10.1. The van der Waals surface area contributed by atoms with Gasteiger partial charge in [-0.1, -0.05) is 42.5 Å². The van der Waals surface area contributed by atoms with Crippen LogP contribution in [0.2, 0.25) is 0 Å². The van der Waals surface area contributed by atoms with Crippen LogP contribution in [0.3, 0.4) is 0 Å². The average Bonchev–Trinajstić information content (AvgIpc) is 3.31. The highest BCUT2D eigenvalue weighted by Crippen LogP contribution is 2.21. The topological polar surface area (TPSA) is 95.6 Å². The number of nitrogens with one attached hydrogen (secondary N) is 2. The molecule has 0 aliphatic carbocycles. The summed E-state index contributed by atoms with van der Waals surface area (Å²) in [6, 6.07) is 16.4. The number of amides is 2. The predicted octanol–water partition coefficient (Wildman–Crippen LogP) is 1.49. The third-order valence-electron chi connectivity index (χ3n) is 5.07. The molecule has 1 saturated heterocycles. The van der Waals surface area contributed by atoms with Gasteiger partial charge in [-0.3, -0.25) is 9.59 Å². The Labute approximate surface area is 177 Å². The van der Waals surface area contributed by atoms with E-state index in [0.717, 1.165) is 24.0 Å². The van der Waals surface area contributed by atoms with Gasteiger partial charge < -0.3 is 10.6 Å². The van der Waals surface area contributed by atoms with Gasteiger partial charge in [0.2, 0.25) is 10.0 Å². The van der Waals surface area contributed by atoms with Crippen LogP contribution in [-0.4, -0.2) is 50.7 Å². The largest absolute Gasteiger partial charge is 0.348 e. The highest BCUT2D eigenvalue weighted by Gasteiger charge is 2.26. The van der Waals surface area contributed by atoms with E-state index in [1.54, 1.807) is 24.3 Å². The number of nitrogens with zero attached hydrogens (tertiary/aromatic N) is 1. The fraction of sp³-hybridized carbons (Fsp3) is 0.364. The van der Waals surface area contributed by atoms with E-state index in [1.807, 2.05) is 30.3 Å². The van der Waals surface area contributed by atoms with Gasteiger partial charge in [0, 0.05) is 26.2 Å². The predicted molar refractivity (Wildman–Crippen MR) is 114 cm³/mol. The number of sulfonamides is 1. The highest BCUT2D eigenvalue weighted by molar-refractivity contribution is 7.89. The molecule has 0 aromatic heterocycles. The third-order valence-corrected chi connectivity index (χ3v) is 6.99. The summed E-state index contributed by atoms with van der Waals surface area (Å²) in [7, 11) is -3.42. The van der Waals surface area contributed by atoms with Crippen molar-refractivity contribution < 1.29 is 18.0 Å². The Morgan fingerprint density at radius 2 is 1.27 bits per heavy atom. The number of benzene rings is 2. The normalized spacial score (nSPS) is 14.4. The minimum Gasteiger partial charge on any atom is -0.348 e. The van der Waals surface area contributed by atoms with Crippen molar-refractivity contribution in [1.29, 1.82) is 0 Å². The quantitative estimate of drug-likeness (QED) is 0.622. The standard InChI is InChI=1S/C22H27N3O4S/c26-21(23-14-12-18-6-2-1-3-7-18)22(27)24-15-13-19-8-10-20(11-9-19)30(28,29)25-16-4-5-17-25/h1-3,6-11H,4-5,12-17H2,(H,23,26)(H,24,27). The zero-order valence-corrected chi connectivity index (χ0v) is 17.7. The lowest BCUT2D eigenvalue weighted by Gasteiger charge is -2.15. The molecule has 2 amide bonds. The molecule has 1 fully saturated rings. The molecule has 1 aliphatic rings. The van der Waals surface area contributed by atoms with Gasteiger partial charge in [0.25, 0.3) is 0 Å². The molecule has 0 radical (unpaired) electrons. The highest BCUT2D eigenvalue weighted by atomic mass is 32.2. The smallest absolute Gasteiger partial charge is 0.309 e. The number of carbonyl (C=O) groups excluding carboxylic acids is 2. The van der Waals surface area contributed by atoms with Crippen LogP contribution >= 0.6 is 0 Å². The molecule has 2 aromatic rings. The molecule has 2 aromatic carbocycles. The Morgan fingerprint density at radius 3 is 1.80 bits per heavy atom. The summed E-state index contributed by atoms with van der Waals surface area (Å²) in [4.78, 5) is 24.0. The van der Waals surface area contributed by atoms with Crippen LogP contribution < -0.4 is 10.6 Å². The van der Waals surface area contributed by atoms with E-state index >= 15 is 0 Å². The third kappa shape index (κ3) is 5.90. The lowest BCUT2D eigenvalue weighted by molar-refractivity contribution is -0.139. The van der Waals surface area contributed by atoms with E-state index in [2.05, 4.69) is 10.6 Å². The van der Waals surface area contributed by atoms with Gasteiger partial charge in [0.1, 0.15) is 0 Å². The first-order chi connectivity index (χ1) is 14.5. The zero-order valence-electron chi connectivity index (χ0n) is 16.8. The summed E-state index contributed by atoms with van der Waals surface area (Å²) < 4.78 is 26.6. The Kier molecular flexibility index (Phi) is 7.59. The van der Waals surface area contributed by atoms with E-state index in [9.17, 15) is 18.0 Å². The Balaban J connectivity index is 1.40. The molecule has 0 atom stereocenters. The van der Waals surface area contributed by atoms with Crippen molar-refractivity contribution in [2.45, 2.75) is 30.6 Å². The summed E-state index contributed by atoms with van der Waals surface area (Å²) >= 11 is 0. The van der Waals surface area contributed by atoms with Gasteiger partial charge in [0.15, 0.2) is 0 Å². The molecule has 0 bridgehead atoms.